The van der Waals surface area contributed by atoms with E-state index in [0.29, 0.717) is 16.7 Å². The van der Waals surface area contributed by atoms with E-state index < -0.39 is 23.6 Å². The Morgan fingerprint density at radius 2 is 1.78 bits per heavy atom. The molecule has 0 aliphatic rings. The Bertz CT molecular complexity index is 1160. The molecule has 5 nitrogen and oxygen atoms in total. The van der Waals surface area contributed by atoms with Crippen molar-refractivity contribution in [2.45, 2.75) is 0 Å². The zero-order valence-corrected chi connectivity index (χ0v) is 14.0. The Kier molecular flexibility index (Phi) is 4.30. The smallest absolute Gasteiger partial charge is 0.235 e. The molecule has 134 valence electrons. The maximum Gasteiger partial charge on any atom is 0.235 e. The van der Waals surface area contributed by atoms with Crippen LogP contribution in [0.2, 0.25) is 0 Å². The van der Waals surface area contributed by atoms with Gasteiger partial charge in [0, 0.05) is 5.56 Å². The average Bonchev–Trinajstić information content (AvgIpc) is 3.22. The molecule has 2 heterocycles. The number of furan rings is 1. The highest BCUT2D eigenvalue weighted by Gasteiger charge is 2.20. The number of hydrogen-bond acceptors (Lipinski definition) is 5. The SMILES string of the molecule is O=C(COc1c(-c2ccco2)oc2ccccc2c1=O)c1ccc(F)cc1. The summed E-state index contributed by atoms with van der Waals surface area (Å²) in [6, 6.07) is 15.1. The maximum absolute atomic E-state index is 13.0. The van der Waals surface area contributed by atoms with Gasteiger partial charge in [-0.25, -0.2) is 4.39 Å². The van der Waals surface area contributed by atoms with Crippen LogP contribution >= 0.6 is 0 Å². The van der Waals surface area contributed by atoms with Gasteiger partial charge in [0.2, 0.25) is 16.9 Å². The molecule has 0 saturated carbocycles. The van der Waals surface area contributed by atoms with E-state index in [1.807, 2.05) is 0 Å². The van der Waals surface area contributed by atoms with Gasteiger partial charge in [-0.2, -0.15) is 0 Å². The fraction of sp³-hybridized carbons (Fsp3) is 0.0476. The van der Waals surface area contributed by atoms with Crippen molar-refractivity contribution in [3.05, 3.63) is 88.5 Å². The molecule has 0 amide bonds. The zero-order chi connectivity index (χ0) is 18.8. The molecule has 0 saturated heterocycles. The Morgan fingerprint density at radius 3 is 2.52 bits per heavy atom. The van der Waals surface area contributed by atoms with Gasteiger partial charge in [0.05, 0.1) is 11.6 Å². The first-order valence-corrected chi connectivity index (χ1v) is 8.15. The van der Waals surface area contributed by atoms with E-state index in [-0.39, 0.29) is 17.1 Å². The largest absolute Gasteiger partial charge is 0.478 e. The van der Waals surface area contributed by atoms with Gasteiger partial charge in [0.15, 0.2) is 18.2 Å². The van der Waals surface area contributed by atoms with Crippen molar-refractivity contribution >= 4 is 16.8 Å². The van der Waals surface area contributed by atoms with Gasteiger partial charge in [0.1, 0.15) is 11.4 Å². The van der Waals surface area contributed by atoms with Crippen LogP contribution in [-0.2, 0) is 0 Å². The number of fused-ring (bicyclic) bond motifs is 1. The van der Waals surface area contributed by atoms with E-state index in [0.717, 1.165) is 0 Å². The van der Waals surface area contributed by atoms with Crippen LogP contribution in [0.3, 0.4) is 0 Å². The van der Waals surface area contributed by atoms with Crippen molar-refractivity contribution in [3.63, 3.8) is 0 Å². The summed E-state index contributed by atoms with van der Waals surface area (Å²) in [5.74, 6) is -0.535. The summed E-state index contributed by atoms with van der Waals surface area (Å²) in [6.07, 6.45) is 1.44. The number of halogens is 1. The summed E-state index contributed by atoms with van der Waals surface area (Å²) in [7, 11) is 0. The van der Waals surface area contributed by atoms with Crippen LogP contribution in [0.4, 0.5) is 4.39 Å². The maximum atomic E-state index is 13.0. The number of ether oxygens (including phenoxy) is 1. The van der Waals surface area contributed by atoms with Crippen LogP contribution in [0.25, 0.3) is 22.5 Å². The van der Waals surface area contributed by atoms with Crippen molar-refractivity contribution in [2.24, 2.45) is 0 Å². The average molecular weight is 364 g/mol. The number of ketones is 1. The number of para-hydroxylation sites is 1. The minimum atomic E-state index is -0.442. The van der Waals surface area contributed by atoms with E-state index >= 15 is 0 Å². The molecule has 0 atom stereocenters. The molecule has 0 aliphatic heterocycles. The predicted molar refractivity (Wildman–Crippen MR) is 96.4 cm³/mol. The molecule has 4 aromatic rings. The Balaban J connectivity index is 1.72. The highest BCUT2D eigenvalue weighted by molar-refractivity contribution is 5.97. The normalized spacial score (nSPS) is 10.9. The monoisotopic (exact) mass is 364 g/mol. The quantitative estimate of drug-likeness (QED) is 0.489. The molecule has 0 radical (unpaired) electrons. The number of Topliss-reactive ketones (excluding diaryl/α,β-unsaturated/α-hetero) is 1. The topological polar surface area (TPSA) is 69.7 Å². The summed E-state index contributed by atoms with van der Waals surface area (Å²) in [6.45, 7) is -0.400. The zero-order valence-electron chi connectivity index (χ0n) is 14.0. The van der Waals surface area contributed by atoms with Gasteiger partial charge in [-0.05, 0) is 48.5 Å². The first kappa shape index (κ1) is 16.8. The van der Waals surface area contributed by atoms with Crippen LogP contribution in [0.15, 0.2) is 80.6 Å². The summed E-state index contributed by atoms with van der Waals surface area (Å²) in [4.78, 5) is 25.1. The van der Waals surface area contributed by atoms with Gasteiger partial charge in [-0.3, -0.25) is 9.59 Å². The number of carbonyl (C=O) groups is 1. The molecular formula is C21H13FO5. The Labute approximate surface area is 152 Å². The van der Waals surface area contributed by atoms with E-state index in [1.54, 1.807) is 36.4 Å². The van der Waals surface area contributed by atoms with E-state index in [1.165, 1.54) is 30.5 Å². The number of rotatable bonds is 5. The minimum absolute atomic E-state index is 0.107. The van der Waals surface area contributed by atoms with Crippen molar-refractivity contribution in [1.82, 2.24) is 0 Å². The van der Waals surface area contributed by atoms with Crippen LogP contribution in [-0.4, -0.2) is 12.4 Å². The van der Waals surface area contributed by atoms with Gasteiger partial charge >= 0.3 is 0 Å². The second-order valence-corrected chi connectivity index (χ2v) is 5.78. The van der Waals surface area contributed by atoms with Gasteiger partial charge in [-0.1, -0.05) is 12.1 Å². The first-order chi connectivity index (χ1) is 13.1. The first-order valence-electron chi connectivity index (χ1n) is 8.15. The van der Waals surface area contributed by atoms with Gasteiger partial charge in [-0.15, -0.1) is 0 Å². The molecule has 0 bridgehead atoms. The fourth-order valence-electron chi connectivity index (χ4n) is 2.68. The fourth-order valence-corrected chi connectivity index (χ4v) is 2.68. The molecule has 2 aromatic heterocycles. The van der Waals surface area contributed by atoms with Crippen molar-refractivity contribution in [1.29, 1.82) is 0 Å². The van der Waals surface area contributed by atoms with E-state index in [9.17, 15) is 14.0 Å². The molecule has 0 unspecified atom stereocenters. The third kappa shape index (κ3) is 3.25. The van der Waals surface area contributed by atoms with Crippen molar-refractivity contribution in [3.8, 4) is 17.3 Å². The molecule has 4 rings (SSSR count). The molecule has 0 aliphatic carbocycles. The van der Waals surface area contributed by atoms with E-state index in [4.69, 9.17) is 13.6 Å². The molecular weight excluding hydrogens is 351 g/mol. The standard InChI is InChI=1S/C21H13FO5/c22-14-9-7-13(8-10-14)16(23)12-26-21-19(24)15-4-1-2-5-17(15)27-20(21)18-6-3-11-25-18/h1-11H,12H2. The molecule has 27 heavy (non-hydrogen) atoms. The summed E-state index contributed by atoms with van der Waals surface area (Å²) in [5, 5.41) is 0.331. The lowest BCUT2D eigenvalue weighted by molar-refractivity contribution is 0.0920. The third-order valence-electron chi connectivity index (χ3n) is 4.01. The third-order valence-corrected chi connectivity index (χ3v) is 4.01. The Hall–Kier alpha value is -3.67. The lowest BCUT2D eigenvalue weighted by atomic mass is 10.1. The molecule has 0 N–H and O–H groups in total. The molecule has 0 spiro atoms. The highest BCUT2D eigenvalue weighted by atomic mass is 19.1. The van der Waals surface area contributed by atoms with Crippen LogP contribution in [0.5, 0.6) is 5.75 Å². The van der Waals surface area contributed by atoms with Gasteiger partial charge in [0.25, 0.3) is 0 Å². The van der Waals surface area contributed by atoms with Crippen LogP contribution in [0, 0.1) is 5.82 Å². The predicted octanol–water partition coefficient (Wildman–Crippen LogP) is 4.45. The summed E-state index contributed by atoms with van der Waals surface area (Å²) >= 11 is 0. The number of benzene rings is 2. The molecule has 6 heteroatoms. The second-order valence-electron chi connectivity index (χ2n) is 5.78. The minimum Gasteiger partial charge on any atom is -0.478 e. The van der Waals surface area contributed by atoms with Crippen LogP contribution in [0.1, 0.15) is 10.4 Å². The number of hydrogen-bond donors (Lipinski definition) is 0. The number of carbonyl (C=O) groups excluding carboxylic acids is 1. The van der Waals surface area contributed by atoms with Gasteiger partial charge < -0.3 is 13.6 Å². The lowest BCUT2D eigenvalue weighted by Gasteiger charge is -2.10. The highest BCUT2D eigenvalue weighted by Crippen LogP contribution is 2.31. The molecule has 2 aromatic carbocycles. The molecule has 0 fully saturated rings. The van der Waals surface area contributed by atoms with Crippen molar-refractivity contribution in [2.75, 3.05) is 6.61 Å². The van der Waals surface area contributed by atoms with E-state index in [2.05, 4.69) is 0 Å². The summed E-state index contributed by atoms with van der Waals surface area (Å²) < 4.78 is 29.7. The summed E-state index contributed by atoms with van der Waals surface area (Å²) in [5.41, 5.74) is 0.252. The van der Waals surface area contributed by atoms with Crippen molar-refractivity contribution < 1.29 is 22.8 Å². The van der Waals surface area contributed by atoms with Crippen LogP contribution < -0.4 is 10.2 Å². The Morgan fingerprint density at radius 1 is 1.00 bits per heavy atom. The second kappa shape index (κ2) is 6.92. The lowest BCUT2D eigenvalue weighted by Crippen LogP contribution is -2.17.